The lowest BCUT2D eigenvalue weighted by Crippen LogP contribution is -2.44. The third kappa shape index (κ3) is 6.62. The first-order chi connectivity index (χ1) is 13.8. The molecule has 8 nitrogen and oxygen atoms in total. The number of hydrogen-bond donors (Lipinski definition) is 0. The largest absolute Gasteiger partial charge is 0.497 e. The van der Waals surface area contributed by atoms with Crippen molar-refractivity contribution in [2.45, 2.75) is 38.6 Å². The molecule has 1 aliphatic heterocycles. The van der Waals surface area contributed by atoms with Crippen LogP contribution in [0.5, 0.6) is 11.5 Å². The lowest BCUT2D eigenvalue weighted by atomic mass is 10.1. The number of esters is 1. The van der Waals surface area contributed by atoms with Gasteiger partial charge in [-0.05, 0) is 18.9 Å². The van der Waals surface area contributed by atoms with Gasteiger partial charge in [0.15, 0.2) is 16.4 Å². The molecule has 0 aliphatic carbocycles. The fourth-order valence-electron chi connectivity index (χ4n) is 3.29. The standard InChI is InChI=1S/C20H29NO7S/c1-4-5-9-21(16-8-10-29(24,25)14-16)19(22)13-28-20(23)11-15-6-7-17(26-2)12-18(15)27-3/h6-7,12,16H,4-5,8-11,13-14H2,1-3H3. The maximum Gasteiger partial charge on any atom is 0.310 e. The van der Waals surface area contributed by atoms with E-state index in [2.05, 4.69) is 0 Å². The van der Waals surface area contributed by atoms with Crippen LogP contribution in [0.1, 0.15) is 31.7 Å². The van der Waals surface area contributed by atoms with Gasteiger partial charge in [0.25, 0.3) is 5.91 Å². The van der Waals surface area contributed by atoms with Crippen LogP contribution in [0.3, 0.4) is 0 Å². The molecule has 1 fully saturated rings. The van der Waals surface area contributed by atoms with Gasteiger partial charge in [-0.25, -0.2) is 8.42 Å². The van der Waals surface area contributed by atoms with Gasteiger partial charge in [0.05, 0.1) is 32.1 Å². The van der Waals surface area contributed by atoms with Crippen LogP contribution >= 0.6 is 0 Å². The number of carbonyl (C=O) groups excluding carboxylic acids is 2. The second kappa shape index (κ2) is 10.5. The smallest absolute Gasteiger partial charge is 0.310 e. The molecule has 162 valence electrons. The van der Waals surface area contributed by atoms with E-state index in [1.165, 1.54) is 14.2 Å². The number of unbranched alkanes of at least 4 members (excludes halogenated alkanes) is 1. The van der Waals surface area contributed by atoms with Crippen LogP contribution < -0.4 is 9.47 Å². The van der Waals surface area contributed by atoms with Crippen molar-refractivity contribution in [2.24, 2.45) is 0 Å². The maximum atomic E-state index is 12.6. The average Bonchev–Trinajstić information content (AvgIpc) is 3.06. The SMILES string of the molecule is CCCCN(C(=O)COC(=O)Cc1ccc(OC)cc1OC)C1CCS(=O)(=O)C1. The van der Waals surface area contributed by atoms with E-state index >= 15 is 0 Å². The first-order valence-electron chi connectivity index (χ1n) is 9.66. The molecule has 1 atom stereocenters. The molecule has 1 saturated heterocycles. The van der Waals surface area contributed by atoms with Gasteiger partial charge in [-0.2, -0.15) is 0 Å². The lowest BCUT2D eigenvalue weighted by molar-refractivity contribution is -0.152. The number of ether oxygens (including phenoxy) is 3. The first-order valence-corrected chi connectivity index (χ1v) is 11.5. The highest BCUT2D eigenvalue weighted by atomic mass is 32.2. The van der Waals surface area contributed by atoms with Gasteiger partial charge in [0.2, 0.25) is 0 Å². The second-order valence-electron chi connectivity index (χ2n) is 7.01. The zero-order chi connectivity index (χ0) is 21.4. The van der Waals surface area contributed by atoms with E-state index < -0.39 is 22.4 Å². The summed E-state index contributed by atoms with van der Waals surface area (Å²) in [4.78, 5) is 26.4. The van der Waals surface area contributed by atoms with Crippen LogP contribution in [0, 0.1) is 0 Å². The molecule has 1 aliphatic rings. The van der Waals surface area contributed by atoms with Crippen molar-refractivity contribution in [3.05, 3.63) is 23.8 Å². The second-order valence-corrected chi connectivity index (χ2v) is 9.24. The summed E-state index contributed by atoms with van der Waals surface area (Å²) >= 11 is 0. The van der Waals surface area contributed by atoms with Gasteiger partial charge in [0.1, 0.15) is 11.5 Å². The van der Waals surface area contributed by atoms with Gasteiger partial charge in [-0.15, -0.1) is 0 Å². The number of benzene rings is 1. The molecule has 1 unspecified atom stereocenters. The molecule has 1 heterocycles. The highest BCUT2D eigenvalue weighted by molar-refractivity contribution is 7.91. The number of nitrogens with zero attached hydrogens (tertiary/aromatic N) is 1. The van der Waals surface area contributed by atoms with Gasteiger partial charge in [-0.1, -0.05) is 19.4 Å². The van der Waals surface area contributed by atoms with Crippen molar-refractivity contribution in [2.75, 3.05) is 38.9 Å². The lowest BCUT2D eigenvalue weighted by Gasteiger charge is -2.28. The number of methoxy groups -OCH3 is 2. The Morgan fingerprint density at radius 1 is 1.21 bits per heavy atom. The average molecular weight is 428 g/mol. The Labute approximate surface area is 172 Å². The van der Waals surface area contributed by atoms with E-state index in [9.17, 15) is 18.0 Å². The van der Waals surface area contributed by atoms with E-state index in [1.54, 1.807) is 23.1 Å². The van der Waals surface area contributed by atoms with Gasteiger partial charge < -0.3 is 19.1 Å². The van der Waals surface area contributed by atoms with E-state index in [4.69, 9.17) is 14.2 Å². The minimum Gasteiger partial charge on any atom is -0.497 e. The highest BCUT2D eigenvalue weighted by Crippen LogP contribution is 2.25. The molecule has 1 aromatic carbocycles. The molecule has 2 rings (SSSR count). The zero-order valence-electron chi connectivity index (χ0n) is 17.2. The minimum atomic E-state index is -3.11. The quantitative estimate of drug-likeness (QED) is 0.523. The fraction of sp³-hybridized carbons (Fsp3) is 0.600. The Morgan fingerprint density at radius 3 is 2.55 bits per heavy atom. The molecule has 0 saturated carbocycles. The van der Waals surface area contributed by atoms with Crippen molar-refractivity contribution in [3.63, 3.8) is 0 Å². The van der Waals surface area contributed by atoms with Crippen molar-refractivity contribution in [1.29, 1.82) is 0 Å². The number of amides is 1. The monoisotopic (exact) mass is 427 g/mol. The van der Waals surface area contributed by atoms with Crippen LogP contribution in [0.25, 0.3) is 0 Å². The molecule has 0 bridgehead atoms. The van der Waals surface area contributed by atoms with Crippen molar-refractivity contribution in [1.82, 2.24) is 4.90 Å². The van der Waals surface area contributed by atoms with Gasteiger partial charge in [-0.3, -0.25) is 9.59 Å². The summed E-state index contributed by atoms with van der Waals surface area (Å²) < 4.78 is 39.1. The van der Waals surface area contributed by atoms with Crippen molar-refractivity contribution >= 4 is 21.7 Å². The molecule has 29 heavy (non-hydrogen) atoms. The van der Waals surface area contributed by atoms with E-state index in [0.717, 1.165) is 12.8 Å². The van der Waals surface area contributed by atoms with E-state index in [0.29, 0.717) is 30.0 Å². The Hall–Kier alpha value is -2.29. The van der Waals surface area contributed by atoms with Crippen LogP contribution in [0.2, 0.25) is 0 Å². The maximum absolute atomic E-state index is 12.6. The van der Waals surface area contributed by atoms with Crippen molar-refractivity contribution in [3.8, 4) is 11.5 Å². The summed E-state index contributed by atoms with van der Waals surface area (Å²) in [6.07, 6.45) is 2.02. The minimum absolute atomic E-state index is 0.0283. The molecule has 0 spiro atoms. The molecule has 9 heteroatoms. The molecule has 1 aromatic rings. The predicted octanol–water partition coefficient (Wildman–Crippen LogP) is 1.61. The van der Waals surface area contributed by atoms with Gasteiger partial charge >= 0.3 is 5.97 Å². The summed E-state index contributed by atoms with van der Waals surface area (Å²) in [5, 5.41) is 0. The Balaban J connectivity index is 1.95. The third-order valence-corrected chi connectivity index (χ3v) is 6.66. The normalized spacial score (nSPS) is 17.6. The molecule has 0 radical (unpaired) electrons. The van der Waals surface area contributed by atoms with Crippen LogP contribution in [0.4, 0.5) is 0 Å². The first kappa shape index (κ1) is 23.0. The summed E-state index contributed by atoms with van der Waals surface area (Å²) in [6, 6.07) is 4.74. The van der Waals surface area contributed by atoms with Crippen LogP contribution in [-0.2, 0) is 30.6 Å². The summed E-state index contributed by atoms with van der Waals surface area (Å²) in [5.74, 6) is 0.233. The molecular formula is C20H29NO7S. The van der Waals surface area contributed by atoms with E-state index in [-0.39, 0.29) is 29.9 Å². The van der Waals surface area contributed by atoms with E-state index in [1.807, 2.05) is 6.92 Å². The summed E-state index contributed by atoms with van der Waals surface area (Å²) in [5.41, 5.74) is 0.621. The number of rotatable bonds is 10. The molecular weight excluding hydrogens is 398 g/mol. The number of hydrogen-bond acceptors (Lipinski definition) is 7. The fourth-order valence-corrected chi connectivity index (χ4v) is 5.02. The zero-order valence-corrected chi connectivity index (χ0v) is 18.0. The molecule has 1 amide bonds. The Kier molecular flexibility index (Phi) is 8.31. The third-order valence-electron chi connectivity index (χ3n) is 4.91. The Bertz CT molecular complexity index is 822. The highest BCUT2D eigenvalue weighted by Gasteiger charge is 2.34. The van der Waals surface area contributed by atoms with Crippen LogP contribution in [0.15, 0.2) is 18.2 Å². The van der Waals surface area contributed by atoms with Crippen molar-refractivity contribution < 1.29 is 32.2 Å². The topological polar surface area (TPSA) is 99.2 Å². The van der Waals surface area contributed by atoms with Crippen LogP contribution in [-0.4, -0.2) is 70.1 Å². The molecule has 0 aromatic heterocycles. The number of carbonyl (C=O) groups is 2. The summed E-state index contributed by atoms with van der Waals surface area (Å²) in [6.45, 7) is 2.05. The van der Waals surface area contributed by atoms with Gasteiger partial charge in [0, 0.05) is 24.2 Å². The Morgan fingerprint density at radius 2 is 1.97 bits per heavy atom. The number of sulfone groups is 1. The molecule has 0 N–H and O–H groups in total. The summed E-state index contributed by atoms with van der Waals surface area (Å²) in [7, 11) is -0.0799. The predicted molar refractivity (Wildman–Crippen MR) is 108 cm³/mol.